The Bertz CT molecular complexity index is 284. The Morgan fingerprint density at radius 2 is 1.12 bits per heavy atom. The van der Waals surface area contributed by atoms with Crippen molar-refractivity contribution in [2.24, 2.45) is 0 Å². The molecule has 0 N–H and O–H groups in total. The second-order valence-corrected chi connectivity index (χ2v) is 2.54. The lowest BCUT2D eigenvalue weighted by atomic mass is 10.2. The van der Waals surface area contributed by atoms with Crippen molar-refractivity contribution in [3.63, 3.8) is 0 Å². The Balaban J connectivity index is 5.50. The van der Waals surface area contributed by atoms with Gasteiger partial charge < -0.3 is 0 Å². The third-order valence-corrected chi connectivity index (χ3v) is 1.31. The van der Waals surface area contributed by atoms with E-state index >= 15 is 0 Å². The van der Waals surface area contributed by atoms with E-state index in [0.717, 1.165) is 0 Å². The molecule has 0 atom stereocenters. The van der Waals surface area contributed by atoms with Crippen molar-refractivity contribution in [2.45, 2.75) is 18.0 Å². The van der Waals surface area contributed by atoms with Gasteiger partial charge in [0.25, 0.3) is 0 Å². The molecular weight excluding hydrogens is 262 g/mol. The average Bonchev–Trinajstić information content (AvgIpc) is 2.13. The molecule has 0 unspecified atom stereocenters. The summed E-state index contributed by atoms with van der Waals surface area (Å²) in [5, 5.41) is 0. The van der Waals surface area contributed by atoms with Gasteiger partial charge in [0.2, 0.25) is 11.7 Å². The molecule has 0 nitrogen and oxygen atoms in total. The van der Waals surface area contributed by atoms with E-state index < -0.39 is 36.3 Å². The molecular formula is C6H2F10. The molecule has 10 heteroatoms. The first-order valence-corrected chi connectivity index (χ1v) is 3.32. The van der Waals surface area contributed by atoms with E-state index in [1.165, 1.54) is 0 Å². The highest BCUT2D eigenvalue weighted by Crippen LogP contribution is 2.45. The van der Waals surface area contributed by atoms with Crippen molar-refractivity contribution < 1.29 is 43.9 Å². The number of halogens is 10. The minimum absolute atomic E-state index is 2.94. The van der Waals surface area contributed by atoms with Crippen LogP contribution in [0.2, 0.25) is 0 Å². The Kier molecular flexibility index (Phi) is 3.88. The van der Waals surface area contributed by atoms with Crippen LogP contribution in [0.25, 0.3) is 0 Å². The minimum Gasteiger partial charge on any atom is -0.244 e. The lowest BCUT2D eigenvalue weighted by Crippen LogP contribution is -2.39. The van der Waals surface area contributed by atoms with E-state index in [-0.39, 0.29) is 0 Å². The average molecular weight is 264 g/mol. The van der Waals surface area contributed by atoms with Crippen LogP contribution in [0.1, 0.15) is 0 Å². The van der Waals surface area contributed by atoms with Crippen molar-refractivity contribution in [1.29, 1.82) is 0 Å². The van der Waals surface area contributed by atoms with Gasteiger partial charge in [0.15, 0.2) is 6.67 Å². The Morgan fingerprint density at radius 3 is 1.38 bits per heavy atom. The zero-order valence-electron chi connectivity index (χ0n) is 6.99. The third kappa shape index (κ3) is 2.59. The molecule has 0 fully saturated rings. The molecule has 0 rings (SSSR count). The summed E-state index contributed by atoms with van der Waals surface area (Å²) < 4.78 is 118. The van der Waals surface area contributed by atoms with E-state index in [1.54, 1.807) is 0 Å². The molecule has 0 spiro atoms. The maximum absolute atomic E-state index is 12.1. The fraction of sp³-hybridized carbons (Fsp3) is 0.667. The van der Waals surface area contributed by atoms with E-state index in [1.807, 2.05) is 0 Å². The number of allylic oxidation sites excluding steroid dienone is 2. The van der Waals surface area contributed by atoms with Crippen LogP contribution >= 0.6 is 0 Å². The molecule has 0 bridgehead atoms. The molecule has 0 saturated carbocycles. The van der Waals surface area contributed by atoms with Gasteiger partial charge in [-0.1, -0.05) is 0 Å². The summed E-state index contributed by atoms with van der Waals surface area (Å²) in [4.78, 5) is 0. The van der Waals surface area contributed by atoms with Crippen LogP contribution < -0.4 is 0 Å². The van der Waals surface area contributed by atoms with E-state index in [9.17, 15) is 43.9 Å². The zero-order chi connectivity index (χ0) is 13.4. The maximum atomic E-state index is 12.1. The fourth-order valence-corrected chi connectivity index (χ4v) is 0.481. The molecule has 0 radical (unpaired) electrons. The number of rotatable bonds is 3. The lowest BCUT2D eigenvalue weighted by molar-refractivity contribution is -0.272. The van der Waals surface area contributed by atoms with E-state index in [0.29, 0.717) is 0 Å². The lowest BCUT2D eigenvalue weighted by Gasteiger charge is -2.19. The van der Waals surface area contributed by atoms with Gasteiger partial charge in [0.1, 0.15) is 0 Å². The van der Waals surface area contributed by atoms with Gasteiger partial charge in [-0.05, 0) is 0 Å². The zero-order valence-corrected chi connectivity index (χ0v) is 6.99. The first kappa shape index (κ1) is 15.0. The van der Waals surface area contributed by atoms with Gasteiger partial charge in [-0.3, -0.25) is 0 Å². The van der Waals surface area contributed by atoms with Crippen molar-refractivity contribution in [2.75, 3.05) is 6.67 Å². The van der Waals surface area contributed by atoms with Gasteiger partial charge in [0, 0.05) is 0 Å². The van der Waals surface area contributed by atoms with Gasteiger partial charge in [-0.25, -0.2) is 13.2 Å². The van der Waals surface area contributed by atoms with Crippen LogP contribution in [0.15, 0.2) is 11.7 Å². The molecule has 96 valence electrons. The Labute approximate surface area is 81.5 Å². The standard InChI is InChI=1S/C6H2F10/c7-1-4(10,11)2(8)3(9)5(12,13)6(14,15)16/h1H2/b3-2+. The molecule has 0 aliphatic carbocycles. The Hall–Kier alpha value is -0.960. The van der Waals surface area contributed by atoms with Crippen LogP contribution in [-0.2, 0) is 0 Å². The summed E-state index contributed by atoms with van der Waals surface area (Å²) in [5.74, 6) is -19.6. The van der Waals surface area contributed by atoms with Crippen molar-refractivity contribution in [3.8, 4) is 0 Å². The minimum atomic E-state index is -6.60. The van der Waals surface area contributed by atoms with E-state index in [4.69, 9.17) is 0 Å². The molecule has 0 aliphatic heterocycles. The first-order valence-electron chi connectivity index (χ1n) is 3.32. The molecule has 0 heterocycles. The molecule has 0 aliphatic rings. The van der Waals surface area contributed by atoms with Crippen LogP contribution in [-0.4, -0.2) is 24.7 Å². The second kappa shape index (κ2) is 4.13. The summed E-state index contributed by atoms with van der Waals surface area (Å²) in [6.45, 7) is -2.94. The largest absolute Gasteiger partial charge is 0.460 e. The van der Waals surface area contributed by atoms with Crippen LogP contribution in [0.4, 0.5) is 43.9 Å². The quantitative estimate of drug-likeness (QED) is 0.677. The molecule has 0 aromatic carbocycles. The van der Waals surface area contributed by atoms with Crippen molar-refractivity contribution in [3.05, 3.63) is 11.7 Å². The van der Waals surface area contributed by atoms with Crippen molar-refractivity contribution >= 4 is 0 Å². The monoisotopic (exact) mass is 264 g/mol. The summed E-state index contributed by atoms with van der Waals surface area (Å²) in [6, 6.07) is 0. The predicted octanol–water partition coefficient (Wildman–Crippen LogP) is 3.94. The highest BCUT2D eigenvalue weighted by molar-refractivity contribution is 5.18. The highest BCUT2D eigenvalue weighted by Gasteiger charge is 2.64. The van der Waals surface area contributed by atoms with Gasteiger partial charge >= 0.3 is 18.0 Å². The summed E-state index contributed by atoms with van der Waals surface area (Å²) in [7, 11) is 0. The normalized spacial score (nSPS) is 16.1. The molecule has 0 aromatic rings. The fourth-order valence-electron chi connectivity index (χ4n) is 0.481. The molecule has 16 heavy (non-hydrogen) atoms. The molecule has 0 saturated heterocycles. The predicted molar refractivity (Wildman–Crippen MR) is 31.2 cm³/mol. The third-order valence-electron chi connectivity index (χ3n) is 1.31. The van der Waals surface area contributed by atoms with E-state index in [2.05, 4.69) is 0 Å². The number of hydrogen-bond acceptors (Lipinski definition) is 0. The van der Waals surface area contributed by atoms with Crippen LogP contribution in [0.5, 0.6) is 0 Å². The summed E-state index contributed by atoms with van der Waals surface area (Å²) in [6.07, 6.45) is -6.60. The SMILES string of the molecule is FCC(F)(F)/C(F)=C(\F)C(F)(F)C(F)(F)F. The molecule has 0 amide bonds. The summed E-state index contributed by atoms with van der Waals surface area (Å²) in [5.41, 5.74) is 0. The van der Waals surface area contributed by atoms with Crippen molar-refractivity contribution in [1.82, 2.24) is 0 Å². The number of hydrogen-bond donors (Lipinski definition) is 0. The van der Waals surface area contributed by atoms with Gasteiger partial charge in [-0.15, -0.1) is 0 Å². The highest BCUT2D eigenvalue weighted by atomic mass is 19.4. The smallest absolute Gasteiger partial charge is 0.244 e. The first-order chi connectivity index (χ1) is 6.88. The second-order valence-electron chi connectivity index (χ2n) is 2.54. The Morgan fingerprint density at radius 1 is 0.750 bits per heavy atom. The maximum Gasteiger partial charge on any atom is 0.460 e. The summed E-state index contributed by atoms with van der Waals surface area (Å²) >= 11 is 0. The topological polar surface area (TPSA) is 0 Å². The number of alkyl halides is 8. The van der Waals surface area contributed by atoms with Gasteiger partial charge in [0.05, 0.1) is 0 Å². The molecule has 0 aromatic heterocycles. The van der Waals surface area contributed by atoms with Gasteiger partial charge in [-0.2, -0.15) is 30.7 Å². The van der Waals surface area contributed by atoms with Crippen LogP contribution in [0, 0.1) is 0 Å². The van der Waals surface area contributed by atoms with Crippen LogP contribution in [0.3, 0.4) is 0 Å².